The van der Waals surface area contributed by atoms with Gasteiger partial charge in [0.2, 0.25) is 0 Å². The van der Waals surface area contributed by atoms with Crippen LogP contribution in [0, 0.1) is 5.82 Å². The van der Waals surface area contributed by atoms with Crippen LogP contribution >= 0.6 is 11.6 Å². The molecule has 1 aromatic carbocycles. The van der Waals surface area contributed by atoms with Crippen LogP contribution in [0.5, 0.6) is 0 Å². The van der Waals surface area contributed by atoms with Gasteiger partial charge in [0.1, 0.15) is 5.82 Å². The van der Waals surface area contributed by atoms with Crippen LogP contribution in [0.15, 0.2) is 24.3 Å². The summed E-state index contributed by atoms with van der Waals surface area (Å²) in [4.78, 5) is 0. The van der Waals surface area contributed by atoms with Crippen molar-refractivity contribution < 1.29 is 16.8 Å². The molecular formula is C6H7Cl2FS. The summed E-state index contributed by atoms with van der Waals surface area (Å²) >= 11 is 5.40. The van der Waals surface area contributed by atoms with Gasteiger partial charge in [0.25, 0.3) is 0 Å². The molecule has 0 saturated carbocycles. The second-order valence-electron chi connectivity index (χ2n) is 1.44. The van der Waals surface area contributed by atoms with E-state index in [4.69, 9.17) is 11.6 Å². The van der Waals surface area contributed by atoms with Crippen LogP contribution in [0.1, 0.15) is 0 Å². The number of halogens is 3. The molecule has 0 radical (unpaired) electrons. The predicted molar refractivity (Wildman–Crippen MR) is 43.0 cm³/mol. The first-order valence-electron chi connectivity index (χ1n) is 2.20. The van der Waals surface area contributed by atoms with Crippen molar-refractivity contribution in [1.29, 1.82) is 0 Å². The van der Waals surface area contributed by atoms with Crippen molar-refractivity contribution in [2.24, 2.45) is 0 Å². The van der Waals surface area contributed by atoms with Crippen molar-refractivity contribution in [2.75, 3.05) is 0 Å². The van der Waals surface area contributed by atoms with E-state index in [0.29, 0.717) is 5.02 Å². The standard InChI is InChI=1S/C6H4ClF.ClH.H2S/c7-5-2-1-3-6(8)4-5;;/h1-4H;1H;1H2. The highest BCUT2D eigenvalue weighted by Crippen LogP contribution is 2.07. The van der Waals surface area contributed by atoms with Crippen LogP contribution in [-0.4, -0.2) is 0 Å². The fourth-order valence-electron chi connectivity index (χ4n) is 0.460. The third kappa shape index (κ3) is 3.99. The van der Waals surface area contributed by atoms with E-state index in [-0.39, 0.29) is 31.7 Å². The molecule has 4 heteroatoms. The molecule has 1 aromatic rings. The monoisotopic (exact) mass is 200 g/mol. The third-order valence-corrected chi connectivity index (χ3v) is 1.02. The zero-order chi connectivity index (χ0) is 5.98. The van der Waals surface area contributed by atoms with Crippen molar-refractivity contribution in [3.8, 4) is 0 Å². The first-order chi connectivity index (χ1) is 3.79. The molecule has 0 aliphatic carbocycles. The number of hydrogen-bond donors (Lipinski definition) is 0. The van der Waals surface area contributed by atoms with Gasteiger partial charge in [-0.2, -0.15) is 0 Å². The normalized spacial score (nSPS) is 7.40. The van der Waals surface area contributed by atoms with E-state index < -0.39 is 0 Å². The van der Waals surface area contributed by atoms with Crippen molar-refractivity contribution in [1.82, 2.24) is 0 Å². The molecule has 0 saturated heterocycles. The first kappa shape index (κ1) is 12.7. The van der Waals surface area contributed by atoms with Gasteiger partial charge < -0.3 is 12.4 Å². The zero-order valence-corrected chi connectivity index (χ0v) is 7.69. The lowest BCUT2D eigenvalue weighted by atomic mass is 10.4. The maximum absolute atomic E-state index is 12.1. The molecule has 0 amide bonds. The van der Waals surface area contributed by atoms with E-state index >= 15 is 0 Å². The minimum absolute atomic E-state index is 0. The molecule has 0 atom stereocenters. The molecule has 58 valence electrons. The smallest absolute Gasteiger partial charge is 0.124 e. The third-order valence-electron chi connectivity index (χ3n) is 0.787. The van der Waals surface area contributed by atoms with E-state index in [1.165, 1.54) is 12.1 Å². The summed E-state index contributed by atoms with van der Waals surface area (Å²) in [5.74, 6) is -0.294. The fraction of sp³-hybridized carbons (Fsp3) is 0. The van der Waals surface area contributed by atoms with E-state index in [1.54, 1.807) is 12.1 Å². The van der Waals surface area contributed by atoms with Gasteiger partial charge in [-0.1, -0.05) is 31.2 Å². The molecule has 0 aliphatic rings. The van der Waals surface area contributed by atoms with Crippen LogP contribution < -0.4 is 12.4 Å². The van der Waals surface area contributed by atoms with Gasteiger partial charge in [-0.3, -0.25) is 0 Å². The van der Waals surface area contributed by atoms with Gasteiger partial charge in [0, 0.05) is 5.02 Å². The second kappa shape index (κ2) is 5.83. The average molecular weight is 201 g/mol. The Morgan fingerprint density at radius 3 is 2.20 bits per heavy atom. The Kier molecular flexibility index (Phi) is 7.43. The molecule has 0 fully saturated rings. The van der Waals surface area contributed by atoms with Gasteiger partial charge in [0.15, 0.2) is 0 Å². The highest BCUT2D eigenvalue weighted by molar-refractivity contribution is 7.37. The Bertz CT molecular complexity index is 176. The van der Waals surface area contributed by atoms with E-state index in [2.05, 4.69) is 0 Å². The molecule has 0 N–H and O–H groups in total. The van der Waals surface area contributed by atoms with Crippen LogP contribution in [0.25, 0.3) is 0 Å². The van der Waals surface area contributed by atoms with Crippen LogP contribution in [0.4, 0.5) is 4.39 Å². The lowest BCUT2D eigenvalue weighted by Crippen LogP contribution is -3.00. The minimum atomic E-state index is -0.294. The van der Waals surface area contributed by atoms with E-state index in [1.807, 2.05) is 0 Å². The number of hydrogen-bond acceptors (Lipinski definition) is 0. The molecular weight excluding hydrogens is 194 g/mol. The molecule has 1 rings (SSSR count). The lowest BCUT2D eigenvalue weighted by Gasteiger charge is -1.85. The van der Waals surface area contributed by atoms with Crippen molar-refractivity contribution in [2.45, 2.75) is 0 Å². The minimum Gasteiger partial charge on any atom is -1.00 e. The summed E-state index contributed by atoms with van der Waals surface area (Å²) in [5, 5.41) is 0.435. The average Bonchev–Trinajstić information content (AvgIpc) is 1.64. The molecule has 0 heterocycles. The Labute approximate surface area is 77.2 Å². The number of rotatable bonds is 0. The molecule has 10 heavy (non-hydrogen) atoms. The molecule has 0 spiro atoms. The zero-order valence-electron chi connectivity index (χ0n) is 5.02. The topological polar surface area (TPSA) is 0 Å². The van der Waals surface area contributed by atoms with E-state index in [0.717, 1.165) is 0 Å². The molecule has 0 aromatic heterocycles. The van der Waals surface area contributed by atoms with Gasteiger partial charge in [0.05, 0.1) is 0 Å². The van der Waals surface area contributed by atoms with E-state index in [9.17, 15) is 4.39 Å². The van der Waals surface area contributed by atoms with Gasteiger partial charge >= 0.3 is 0 Å². The summed E-state index contributed by atoms with van der Waals surface area (Å²) in [7, 11) is 0. The van der Waals surface area contributed by atoms with Gasteiger partial charge in [-0.15, -0.1) is 0 Å². The van der Waals surface area contributed by atoms with Crippen molar-refractivity contribution in [3.05, 3.63) is 35.1 Å². The number of benzene rings is 1. The lowest BCUT2D eigenvalue weighted by molar-refractivity contribution is -0.00000229. The van der Waals surface area contributed by atoms with Crippen LogP contribution in [0.3, 0.4) is 0 Å². The van der Waals surface area contributed by atoms with Crippen LogP contribution in [-0.2, 0) is 13.5 Å². The van der Waals surface area contributed by atoms with Crippen molar-refractivity contribution >= 4 is 25.1 Å². The summed E-state index contributed by atoms with van der Waals surface area (Å²) in [6.45, 7) is 0. The fourth-order valence-corrected chi connectivity index (χ4v) is 0.637. The van der Waals surface area contributed by atoms with Crippen molar-refractivity contribution in [3.63, 3.8) is 0 Å². The summed E-state index contributed by atoms with van der Waals surface area (Å²) in [6.07, 6.45) is 0. The molecule has 0 unspecified atom stereocenters. The molecule has 0 nitrogen and oxygen atoms in total. The molecule has 0 bridgehead atoms. The molecule has 0 aliphatic heterocycles. The quantitative estimate of drug-likeness (QED) is 0.456. The Morgan fingerprint density at radius 1 is 1.30 bits per heavy atom. The van der Waals surface area contributed by atoms with Gasteiger partial charge in [-0.25, -0.2) is 4.39 Å². The predicted octanol–water partition coefficient (Wildman–Crippen LogP) is -1.32. The Balaban J connectivity index is 0. The maximum atomic E-state index is 12.1. The summed E-state index contributed by atoms with van der Waals surface area (Å²) in [6, 6.07) is 5.82. The highest BCUT2D eigenvalue weighted by Gasteiger charge is 1.86. The van der Waals surface area contributed by atoms with Gasteiger partial charge in [-0.05, 0) is 18.2 Å². The van der Waals surface area contributed by atoms with Crippen LogP contribution in [0.2, 0.25) is 5.02 Å². The highest BCUT2D eigenvalue weighted by atomic mass is 35.5. The maximum Gasteiger partial charge on any atom is 0.124 e. The Morgan fingerprint density at radius 2 is 1.90 bits per heavy atom. The summed E-state index contributed by atoms with van der Waals surface area (Å²) in [5.41, 5.74) is 0. The Hall–Kier alpha value is 0.0800. The first-order valence-corrected chi connectivity index (χ1v) is 2.58. The largest absolute Gasteiger partial charge is 1.00 e. The SMILES string of the molecule is Fc1cccc(Cl)c1.[Cl-].[SH3+]. The second-order valence-corrected chi connectivity index (χ2v) is 1.88. The summed E-state index contributed by atoms with van der Waals surface area (Å²) < 4.78 is 12.1.